The van der Waals surface area contributed by atoms with Crippen LogP contribution < -0.4 is 16.8 Å². The van der Waals surface area contributed by atoms with E-state index in [0.717, 1.165) is 5.56 Å². The van der Waals surface area contributed by atoms with Gasteiger partial charge in [-0.25, -0.2) is 0 Å². The van der Waals surface area contributed by atoms with Gasteiger partial charge in [-0.1, -0.05) is 0 Å². The summed E-state index contributed by atoms with van der Waals surface area (Å²) >= 11 is 0. The van der Waals surface area contributed by atoms with Crippen LogP contribution in [-0.2, 0) is 0 Å². The Hall–Kier alpha value is -2.55. The lowest BCUT2D eigenvalue weighted by Gasteiger charge is -2.13. The van der Waals surface area contributed by atoms with Gasteiger partial charge in [0.1, 0.15) is 6.07 Å². The lowest BCUT2D eigenvalue weighted by atomic mass is 10.1. The summed E-state index contributed by atoms with van der Waals surface area (Å²) in [6.07, 6.45) is 0. The first-order valence-electron chi connectivity index (χ1n) is 5.42. The first-order valence-corrected chi connectivity index (χ1v) is 5.42. The van der Waals surface area contributed by atoms with Crippen molar-refractivity contribution < 1.29 is 0 Å². The minimum absolute atomic E-state index is 0.282. The maximum atomic E-state index is 9.01. The fourth-order valence-corrected chi connectivity index (χ4v) is 1.56. The summed E-state index contributed by atoms with van der Waals surface area (Å²) in [7, 11) is 0. The first kappa shape index (κ1) is 13.5. The molecule has 0 spiro atoms. The van der Waals surface area contributed by atoms with Gasteiger partial charge in [-0.3, -0.25) is 9.98 Å². The first-order chi connectivity index (χ1) is 8.54. The van der Waals surface area contributed by atoms with Gasteiger partial charge >= 0.3 is 0 Å². The SMILES string of the molecule is C=Nc1c(C)c(NC(N)=NCC)cc(C#N)c1N. The van der Waals surface area contributed by atoms with Crippen LogP contribution in [0.4, 0.5) is 17.1 Å². The molecule has 0 amide bonds. The van der Waals surface area contributed by atoms with Crippen molar-refractivity contribution in [1.29, 1.82) is 5.26 Å². The summed E-state index contributed by atoms with van der Waals surface area (Å²) in [4.78, 5) is 7.86. The Morgan fingerprint density at radius 3 is 2.78 bits per heavy atom. The van der Waals surface area contributed by atoms with Gasteiger partial charge in [-0.15, -0.1) is 0 Å². The highest BCUT2D eigenvalue weighted by molar-refractivity contribution is 5.95. The molecule has 0 aromatic heterocycles. The molecule has 0 saturated heterocycles. The number of rotatable bonds is 3. The van der Waals surface area contributed by atoms with Gasteiger partial charge < -0.3 is 16.8 Å². The molecule has 0 atom stereocenters. The van der Waals surface area contributed by atoms with E-state index in [0.29, 0.717) is 29.2 Å². The van der Waals surface area contributed by atoms with Gasteiger partial charge in [0.25, 0.3) is 0 Å². The molecule has 0 unspecified atom stereocenters. The van der Waals surface area contributed by atoms with Crippen LogP contribution in [0.5, 0.6) is 0 Å². The van der Waals surface area contributed by atoms with Crippen molar-refractivity contribution in [3.8, 4) is 6.07 Å². The molecular weight excluding hydrogens is 228 g/mol. The smallest absolute Gasteiger partial charge is 0.193 e. The molecule has 1 aromatic rings. The fourth-order valence-electron chi connectivity index (χ4n) is 1.56. The van der Waals surface area contributed by atoms with E-state index in [2.05, 4.69) is 22.0 Å². The van der Waals surface area contributed by atoms with E-state index < -0.39 is 0 Å². The minimum atomic E-state index is 0.282. The number of hydrogen-bond acceptors (Lipinski definition) is 4. The number of anilines is 2. The van der Waals surface area contributed by atoms with Crippen LogP contribution in [0.25, 0.3) is 0 Å². The fraction of sp³-hybridized carbons (Fsp3) is 0.250. The number of guanidine groups is 1. The second-order valence-electron chi connectivity index (χ2n) is 3.61. The molecule has 6 nitrogen and oxygen atoms in total. The number of nitrogens with two attached hydrogens (primary N) is 2. The summed E-state index contributed by atoms with van der Waals surface area (Å²) in [5.74, 6) is 0.282. The molecule has 0 heterocycles. The Labute approximate surface area is 106 Å². The van der Waals surface area contributed by atoms with E-state index in [1.54, 1.807) is 6.07 Å². The molecule has 0 aliphatic heterocycles. The van der Waals surface area contributed by atoms with Crippen molar-refractivity contribution in [2.45, 2.75) is 13.8 Å². The van der Waals surface area contributed by atoms with Gasteiger partial charge in [-0.2, -0.15) is 5.26 Å². The zero-order valence-electron chi connectivity index (χ0n) is 10.5. The van der Waals surface area contributed by atoms with Gasteiger partial charge in [0.15, 0.2) is 5.96 Å². The Morgan fingerprint density at radius 1 is 1.61 bits per heavy atom. The summed E-state index contributed by atoms with van der Waals surface area (Å²) in [5, 5.41) is 11.9. The zero-order valence-corrected chi connectivity index (χ0v) is 10.5. The molecule has 1 rings (SSSR count). The van der Waals surface area contributed by atoms with Crippen molar-refractivity contribution >= 4 is 29.7 Å². The van der Waals surface area contributed by atoms with Gasteiger partial charge in [0.2, 0.25) is 0 Å². The molecule has 18 heavy (non-hydrogen) atoms. The van der Waals surface area contributed by atoms with Crippen LogP contribution in [-0.4, -0.2) is 19.2 Å². The van der Waals surface area contributed by atoms with Crippen molar-refractivity contribution in [2.75, 3.05) is 17.6 Å². The van der Waals surface area contributed by atoms with Crippen molar-refractivity contribution in [3.05, 3.63) is 17.2 Å². The molecule has 6 heteroatoms. The highest BCUT2D eigenvalue weighted by Crippen LogP contribution is 2.34. The lowest BCUT2D eigenvalue weighted by Crippen LogP contribution is -2.23. The maximum Gasteiger partial charge on any atom is 0.193 e. The van der Waals surface area contributed by atoms with Crippen LogP contribution in [0, 0.1) is 18.3 Å². The molecule has 0 fully saturated rings. The van der Waals surface area contributed by atoms with Crippen LogP contribution in [0.1, 0.15) is 18.1 Å². The normalized spacial score (nSPS) is 10.8. The van der Waals surface area contributed by atoms with Gasteiger partial charge in [0.05, 0.1) is 16.9 Å². The third-order valence-electron chi connectivity index (χ3n) is 2.46. The molecule has 0 aliphatic rings. The molecule has 94 valence electrons. The van der Waals surface area contributed by atoms with E-state index in [-0.39, 0.29) is 5.96 Å². The average Bonchev–Trinajstić information content (AvgIpc) is 2.34. The standard InChI is InChI=1S/C12H16N6/c1-4-17-12(15)18-9-5-8(6-13)10(14)11(16-3)7(9)2/h5H,3-4,14H2,1-2H3,(H3,15,17,18). The lowest BCUT2D eigenvalue weighted by molar-refractivity contribution is 1.12. The van der Waals surface area contributed by atoms with Crippen molar-refractivity contribution in [2.24, 2.45) is 15.7 Å². The number of hydrogen-bond donors (Lipinski definition) is 3. The van der Waals surface area contributed by atoms with E-state index in [1.807, 2.05) is 19.9 Å². The number of nitrogen functional groups attached to an aromatic ring is 1. The van der Waals surface area contributed by atoms with Crippen LogP contribution in [0.3, 0.4) is 0 Å². The third kappa shape index (κ3) is 2.58. The Bertz CT molecular complexity index is 538. The highest BCUT2D eigenvalue weighted by Gasteiger charge is 2.12. The predicted octanol–water partition coefficient (Wildman–Crippen LogP) is 1.53. The largest absolute Gasteiger partial charge is 0.396 e. The summed E-state index contributed by atoms with van der Waals surface area (Å²) in [6.45, 7) is 7.73. The van der Waals surface area contributed by atoms with Crippen molar-refractivity contribution in [3.63, 3.8) is 0 Å². The predicted molar refractivity (Wildman–Crippen MR) is 75.3 cm³/mol. The second kappa shape index (κ2) is 5.68. The highest BCUT2D eigenvalue weighted by atomic mass is 15.1. The summed E-state index contributed by atoms with van der Waals surface area (Å²) in [6, 6.07) is 3.63. The molecule has 0 bridgehead atoms. The molecule has 0 aliphatic carbocycles. The van der Waals surface area contributed by atoms with E-state index in [1.165, 1.54) is 0 Å². The van der Waals surface area contributed by atoms with Crippen LogP contribution in [0.15, 0.2) is 16.1 Å². The summed E-state index contributed by atoms with van der Waals surface area (Å²) < 4.78 is 0. The van der Waals surface area contributed by atoms with E-state index in [9.17, 15) is 0 Å². The third-order valence-corrected chi connectivity index (χ3v) is 2.46. The van der Waals surface area contributed by atoms with Gasteiger partial charge in [0, 0.05) is 17.8 Å². The molecule has 5 N–H and O–H groups in total. The molecule has 0 radical (unpaired) electrons. The van der Waals surface area contributed by atoms with Crippen LogP contribution in [0.2, 0.25) is 0 Å². The number of benzene rings is 1. The minimum Gasteiger partial charge on any atom is -0.396 e. The maximum absolute atomic E-state index is 9.01. The zero-order chi connectivity index (χ0) is 13.7. The number of aliphatic imine (C=N–C) groups is 2. The van der Waals surface area contributed by atoms with Gasteiger partial charge in [-0.05, 0) is 26.6 Å². The van der Waals surface area contributed by atoms with E-state index >= 15 is 0 Å². The molecule has 0 saturated carbocycles. The number of nitriles is 1. The Morgan fingerprint density at radius 2 is 2.28 bits per heavy atom. The number of nitrogens with one attached hydrogen (secondary N) is 1. The average molecular weight is 244 g/mol. The van der Waals surface area contributed by atoms with E-state index in [4.69, 9.17) is 16.7 Å². The molecule has 1 aromatic carbocycles. The Kier molecular flexibility index (Phi) is 4.27. The van der Waals surface area contributed by atoms with Crippen molar-refractivity contribution in [1.82, 2.24) is 0 Å². The summed E-state index contributed by atoms with van der Waals surface area (Å²) in [5.41, 5.74) is 14.1. The second-order valence-corrected chi connectivity index (χ2v) is 3.61. The number of nitrogens with zero attached hydrogens (tertiary/aromatic N) is 3. The Balaban J connectivity index is 3.33. The monoisotopic (exact) mass is 244 g/mol. The topological polar surface area (TPSA) is 113 Å². The quantitative estimate of drug-likeness (QED) is 0.425. The van der Waals surface area contributed by atoms with Crippen LogP contribution >= 0.6 is 0 Å². The molecular formula is C12H16N6.